The molecule has 1 aromatic carbocycles. The quantitative estimate of drug-likeness (QED) is 0.753. The Labute approximate surface area is 113 Å². The average molecular weight is 264 g/mol. The molecule has 1 aliphatic heterocycles. The maximum Gasteiger partial charge on any atom is 0.175 e. The third kappa shape index (κ3) is 3.52. The van der Waals surface area contributed by atoms with E-state index < -0.39 is 0 Å². The Balaban J connectivity index is 1.97. The predicted octanol–water partition coefficient (Wildman–Crippen LogP) is 3.94. The zero-order valence-electron chi connectivity index (χ0n) is 10.9. The summed E-state index contributed by atoms with van der Waals surface area (Å²) in [5.74, 6) is 2.25. The Bertz CT molecular complexity index is 380. The molecule has 0 spiro atoms. The lowest BCUT2D eigenvalue weighted by Crippen LogP contribution is -2.20. The van der Waals surface area contributed by atoms with Gasteiger partial charge in [0.05, 0.1) is 11.9 Å². The molecule has 0 radical (unpaired) electrons. The molecule has 1 heterocycles. The highest BCUT2D eigenvalue weighted by Gasteiger charge is 2.22. The maximum absolute atomic E-state index is 12.3. The fourth-order valence-electron chi connectivity index (χ4n) is 2.07. The highest BCUT2D eigenvalue weighted by atomic mass is 32.2. The highest BCUT2D eigenvalue weighted by molar-refractivity contribution is 8.00. The van der Waals surface area contributed by atoms with Crippen molar-refractivity contribution < 1.29 is 9.53 Å². The van der Waals surface area contributed by atoms with Crippen molar-refractivity contribution in [1.82, 2.24) is 0 Å². The number of hydrogen-bond donors (Lipinski definition) is 0. The summed E-state index contributed by atoms with van der Waals surface area (Å²) in [6, 6.07) is 7.58. The Morgan fingerprint density at radius 2 is 2.11 bits per heavy atom. The van der Waals surface area contributed by atoms with Crippen molar-refractivity contribution in [2.24, 2.45) is 0 Å². The molecule has 98 valence electrons. The summed E-state index contributed by atoms with van der Waals surface area (Å²) < 4.78 is 5.52. The van der Waals surface area contributed by atoms with Crippen molar-refractivity contribution in [2.75, 3.05) is 12.4 Å². The molecule has 0 bridgehead atoms. The SMILES string of the molecule is CCCOc1ccc(C(=O)C2CCCCS2)cc1. The predicted molar refractivity (Wildman–Crippen MR) is 76.7 cm³/mol. The van der Waals surface area contributed by atoms with E-state index in [1.54, 1.807) is 11.8 Å². The third-order valence-corrected chi connectivity index (χ3v) is 4.46. The van der Waals surface area contributed by atoms with Gasteiger partial charge in [0, 0.05) is 5.56 Å². The molecule has 1 atom stereocenters. The van der Waals surface area contributed by atoms with E-state index in [1.165, 1.54) is 12.8 Å². The number of thioether (sulfide) groups is 1. The third-order valence-electron chi connectivity index (χ3n) is 3.08. The van der Waals surface area contributed by atoms with Gasteiger partial charge < -0.3 is 4.74 Å². The van der Waals surface area contributed by atoms with E-state index in [1.807, 2.05) is 24.3 Å². The van der Waals surface area contributed by atoms with Gasteiger partial charge >= 0.3 is 0 Å². The van der Waals surface area contributed by atoms with Gasteiger partial charge in [0.2, 0.25) is 0 Å². The van der Waals surface area contributed by atoms with Crippen LogP contribution < -0.4 is 4.74 Å². The van der Waals surface area contributed by atoms with Gasteiger partial charge in [0.15, 0.2) is 5.78 Å². The van der Waals surface area contributed by atoms with E-state index in [-0.39, 0.29) is 11.0 Å². The molecule has 0 saturated carbocycles. The van der Waals surface area contributed by atoms with Crippen LogP contribution >= 0.6 is 11.8 Å². The summed E-state index contributed by atoms with van der Waals surface area (Å²) in [4.78, 5) is 12.3. The molecule has 0 amide bonds. The second-order valence-corrected chi connectivity index (χ2v) is 5.90. The van der Waals surface area contributed by atoms with E-state index in [0.29, 0.717) is 0 Å². The molecule has 0 aliphatic carbocycles. The van der Waals surface area contributed by atoms with E-state index in [9.17, 15) is 4.79 Å². The van der Waals surface area contributed by atoms with Crippen LogP contribution in [-0.2, 0) is 0 Å². The van der Waals surface area contributed by atoms with Crippen molar-refractivity contribution >= 4 is 17.5 Å². The lowest BCUT2D eigenvalue weighted by molar-refractivity contribution is 0.0985. The zero-order valence-corrected chi connectivity index (χ0v) is 11.7. The van der Waals surface area contributed by atoms with Crippen LogP contribution in [0.4, 0.5) is 0 Å². The maximum atomic E-state index is 12.3. The lowest BCUT2D eigenvalue weighted by Gasteiger charge is -2.20. The molecule has 0 N–H and O–H groups in total. The average Bonchev–Trinajstić information content (AvgIpc) is 2.46. The van der Waals surface area contributed by atoms with Crippen molar-refractivity contribution in [3.05, 3.63) is 29.8 Å². The topological polar surface area (TPSA) is 26.3 Å². The molecule has 1 aliphatic rings. The summed E-state index contributed by atoms with van der Waals surface area (Å²) in [5.41, 5.74) is 0.818. The highest BCUT2D eigenvalue weighted by Crippen LogP contribution is 2.28. The summed E-state index contributed by atoms with van der Waals surface area (Å²) in [5, 5.41) is 0.168. The molecule has 1 saturated heterocycles. The van der Waals surface area contributed by atoms with Gasteiger partial charge in [-0.05, 0) is 49.3 Å². The van der Waals surface area contributed by atoms with Gasteiger partial charge in [-0.2, -0.15) is 11.8 Å². The minimum Gasteiger partial charge on any atom is -0.494 e. The van der Waals surface area contributed by atoms with Crippen molar-refractivity contribution in [2.45, 2.75) is 37.9 Å². The number of ketones is 1. The van der Waals surface area contributed by atoms with Gasteiger partial charge in [0.1, 0.15) is 5.75 Å². The molecular formula is C15H20O2S. The molecular weight excluding hydrogens is 244 g/mol. The normalized spacial score (nSPS) is 19.5. The van der Waals surface area contributed by atoms with Crippen LogP contribution in [0.3, 0.4) is 0 Å². The van der Waals surface area contributed by atoms with E-state index in [2.05, 4.69) is 6.92 Å². The molecule has 0 aromatic heterocycles. The van der Waals surface area contributed by atoms with E-state index >= 15 is 0 Å². The van der Waals surface area contributed by atoms with Gasteiger partial charge in [0.25, 0.3) is 0 Å². The fourth-order valence-corrected chi connectivity index (χ4v) is 3.34. The molecule has 2 rings (SSSR count). The Morgan fingerprint density at radius 3 is 2.72 bits per heavy atom. The summed E-state index contributed by atoms with van der Waals surface area (Å²) in [6.07, 6.45) is 4.45. The number of Topliss-reactive ketones (excluding diaryl/α,β-unsaturated/α-hetero) is 1. The Morgan fingerprint density at radius 1 is 1.33 bits per heavy atom. The van der Waals surface area contributed by atoms with Crippen LogP contribution in [0, 0.1) is 0 Å². The molecule has 1 unspecified atom stereocenters. The van der Waals surface area contributed by atoms with Crippen molar-refractivity contribution in [3.63, 3.8) is 0 Å². The molecule has 1 fully saturated rings. The largest absolute Gasteiger partial charge is 0.494 e. The van der Waals surface area contributed by atoms with Crippen LogP contribution in [0.25, 0.3) is 0 Å². The summed E-state index contributed by atoms with van der Waals surface area (Å²) >= 11 is 1.80. The number of carbonyl (C=O) groups is 1. The van der Waals surface area contributed by atoms with Gasteiger partial charge in [-0.1, -0.05) is 13.3 Å². The van der Waals surface area contributed by atoms with Crippen LogP contribution in [0.5, 0.6) is 5.75 Å². The number of hydrogen-bond acceptors (Lipinski definition) is 3. The molecule has 1 aromatic rings. The Hall–Kier alpha value is -0.960. The second kappa shape index (κ2) is 6.83. The first kappa shape index (κ1) is 13.5. The van der Waals surface area contributed by atoms with Gasteiger partial charge in [-0.3, -0.25) is 4.79 Å². The number of rotatable bonds is 5. The lowest BCUT2D eigenvalue weighted by atomic mass is 10.0. The minimum atomic E-state index is 0.168. The van der Waals surface area contributed by atoms with Crippen LogP contribution in [0.15, 0.2) is 24.3 Å². The first-order valence-electron chi connectivity index (χ1n) is 6.70. The second-order valence-electron chi connectivity index (χ2n) is 4.59. The smallest absolute Gasteiger partial charge is 0.175 e. The van der Waals surface area contributed by atoms with Crippen molar-refractivity contribution in [3.8, 4) is 5.75 Å². The zero-order chi connectivity index (χ0) is 12.8. The van der Waals surface area contributed by atoms with Crippen LogP contribution in [0.2, 0.25) is 0 Å². The van der Waals surface area contributed by atoms with Crippen LogP contribution in [0.1, 0.15) is 43.0 Å². The molecule has 2 nitrogen and oxygen atoms in total. The standard InChI is InChI=1S/C15H20O2S/c1-2-10-17-13-8-6-12(7-9-13)15(16)14-5-3-4-11-18-14/h6-9,14H,2-5,10-11H2,1H3. The molecule has 18 heavy (non-hydrogen) atoms. The molecule has 3 heteroatoms. The van der Waals surface area contributed by atoms with E-state index in [4.69, 9.17) is 4.74 Å². The summed E-state index contributed by atoms with van der Waals surface area (Å²) in [6.45, 7) is 2.81. The van der Waals surface area contributed by atoms with Crippen molar-refractivity contribution in [1.29, 1.82) is 0 Å². The summed E-state index contributed by atoms with van der Waals surface area (Å²) in [7, 11) is 0. The first-order chi connectivity index (χ1) is 8.81. The first-order valence-corrected chi connectivity index (χ1v) is 7.75. The number of ether oxygens (including phenoxy) is 1. The van der Waals surface area contributed by atoms with E-state index in [0.717, 1.165) is 36.5 Å². The monoisotopic (exact) mass is 264 g/mol. The van der Waals surface area contributed by atoms with Gasteiger partial charge in [-0.15, -0.1) is 0 Å². The number of benzene rings is 1. The fraction of sp³-hybridized carbons (Fsp3) is 0.533. The van der Waals surface area contributed by atoms with Gasteiger partial charge in [-0.25, -0.2) is 0 Å². The number of carbonyl (C=O) groups excluding carboxylic acids is 1. The minimum absolute atomic E-state index is 0.168. The van der Waals surface area contributed by atoms with Crippen LogP contribution in [-0.4, -0.2) is 23.4 Å². The Kier molecular flexibility index (Phi) is 5.12.